The molecule has 5 nitrogen and oxygen atoms in total. The van der Waals surface area contributed by atoms with Gasteiger partial charge in [0.1, 0.15) is 0 Å². The first-order valence-corrected chi connectivity index (χ1v) is 9.91. The van der Waals surface area contributed by atoms with E-state index in [1.807, 2.05) is 6.07 Å². The number of rotatable bonds is 5. The highest BCUT2D eigenvalue weighted by atomic mass is 35.5. The Morgan fingerprint density at radius 1 is 1.03 bits per heavy atom. The van der Waals surface area contributed by atoms with Crippen LogP contribution in [-0.4, -0.2) is 44.4 Å². The number of aromatic hydroxyl groups is 1. The smallest absolute Gasteiger partial charge is 0.169 e. The van der Waals surface area contributed by atoms with Crippen LogP contribution in [0.1, 0.15) is 36.6 Å². The molecule has 0 radical (unpaired) electrons. The van der Waals surface area contributed by atoms with Gasteiger partial charge in [0.15, 0.2) is 23.0 Å². The zero-order chi connectivity index (χ0) is 20.0. The largest absolute Gasteiger partial charge is 0.504 e. The molecule has 1 aliphatic heterocycles. The van der Waals surface area contributed by atoms with Crippen molar-refractivity contribution in [1.29, 1.82) is 0 Å². The van der Waals surface area contributed by atoms with Gasteiger partial charge in [0.05, 0.1) is 21.3 Å². The van der Waals surface area contributed by atoms with Gasteiger partial charge in [-0.1, -0.05) is 19.9 Å². The Morgan fingerprint density at radius 3 is 2.38 bits per heavy atom. The van der Waals surface area contributed by atoms with Crippen molar-refractivity contribution in [1.82, 2.24) is 4.90 Å². The normalized spacial score (nSPS) is 17.2. The quantitative estimate of drug-likeness (QED) is 0.766. The van der Waals surface area contributed by atoms with E-state index in [0.717, 1.165) is 42.8 Å². The van der Waals surface area contributed by atoms with Crippen LogP contribution in [0.5, 0.6) is 23.0 Å². The van der Waals surface area contributed by atoms with Crippen LogP contribution in [0, 0.1) is 5.92 Å². The third-order valence-corrected chi connectivity index (χ3v) is 5.93. The summed E-state index contributed by atoms with van der Waals surface area (Å²) in [4.78, 5) is 2.59. The number of halogens is 1. The molecule has 2 aromatic rings. The summed E-state index contributed by atoms with van der Waals surface area (Å²) < 4.78 is 17.1. The summed E-state index contributed by atoms with van der Waals surface area (Å²) in [6.07, 6.45) is 1.87. The zero-order valence-electron chi connectivity index (χ0n) is 17.7. The number of hydrogen-bond donors (Lipinski definition) is 1. The highest BCUT2D eigenvalue weighted by Gasteiger charge is 2.39. The molecule has 0 amide bonds. The second-order valence-electron chi connectivity index (χ2n) is 8.07. The lowest BCUT2D eigenvalue weighted by molar-refractivity contribution is 0.162. The fourth-order valence-electron chi connectivity index (χ4n) is 4.89. The van der Waals surface area contributed by atoms with Crippen molar-refractivity contribution in [2.45, 2.75) is 32.7 Å². The van der Waals surface area contributed by atoms with E-state index < -0.39 is 0 Å². The van der Waals surface area contributed by atoms with E-state index in [1.54, 1.807) is 27.4 Å². The van der Waals surface area contributed by atoms with Crippen molar-refractivity contribution >= 4 is 12.4 Å². The molecule has 1 atom stereocenters. The van der Waals surface area contributed by atoms with Gasteiger partial charge >= 0.3 is 0 Å². The minimum atomic E-state index is 0. The summed E-state index contributed by atoms with van der Waals surface area (Å²) in [7, 11) is 4.95. The van der Waals surface area contributed by atoms with Gasteiger partial charge in [0.2, 0.25) is 0 Å². The van der Waals surface area contributed by atoms with Crippen LogP contribution in [0.25, 0.3) is 11.1 Å². The molecule has 0 spiro atoms. The Kier molecular flexibility index (Phi) is 6.20. The van der Waals surface area contributed by atoms with Gasteiger partial charge in [0, 0.05) is 30.3 Å². The molecule has 29 heavy (non-hydrogen) atoms. The second kappa shape index (κ2) is 8.33. The molecule has 0 fully saturated rings. The number of nitrogens with zero attached hydrogens (tertiary/aromatic N) is 1. The summed E-state index contributed by atoms with van der Waals surface area (Å²) in [6, 6.07) is 6.16. The summed E-state index contributed by atoms with van der Waals surface area (Å²) >= 11 is 0. The summed E-state index contributed by atoms with van der Waals surface area (Å²) in [6.45, 7) is 6.63. The van der Waals surface area contributed by atoms with Gasteiger partial charge < -0.3 is 19.3 Å². The molecular formula is C23H30ClNO4. The Morgan fingerprint density at radius 2 is 1.76 bits per heavy atom. The lowest BCUT2D eigenvalue weighted by atomic mass is 9.75. The monoisotopic (exact) mass is 419 g/mol. The van der Waals surface area contributed by atoms with E-state index in [0.29, 0.717) is 23.5 Å². The zero-order valence-corrected chi connectivity index (χ0v) is 18.6. The predicted molar refractivity (Wildman–Crippen MR) is 117 cm³/mol. The van der Waals surface area contributed by atoms with Crippen LogP contribution in [0.3, 0.4) is 0 Å². The van der Waals surface area contributed by atoms with E-state index >= 15 is 0 Å². The Bertz CT molecular complexity index is 912. The molecule has 4 rings (SSSR count). The van der Waals surface area contributed by atoms with Crippen LogP contribution in [0.2, 0.25) is 0 Å². The second-order valence-corrected chi connectivity index (χ2v) is 8.07. The molecule has 158 valence electrons. The predicted octanol–water partition coefficient (Wildman–Crippen LogP) is 4.62. The van der Waals surface area contributed by atoms with Crippen LogP contribution in [0.4, 0.5) is 0 Å². The lowest BCUT2D eigenvalue weighted by Gasteiger charge is -2.43. The van der Waals surface area contributed by atoms with Crippen LogP contribution >= 0.6 is 12.4 Å². The number of methoxy groups -OCH3 is 3. The molecule has 0 saturated carbocycles. The van der Waals surface area contributed by atoms with Crippen molar-refractivity contribution < 1.29 is 19.3 Å². The number of phenols is 1. The number of fused-ring (bicyclic) bond motifs is 2. The Balaban J connectivity index is 0.00000240. The lowest BCUT2D eigenvalue weighted by Crippen LogP contribution is -2.40. The maximum Gasteiger partial charge on any atom is 0.169 e. The number of benzene rings is 2. The highest BCUT2D eigenvalue weighted by molar-refractivity contribution is 5.88. The minimum Gasteiger partial charge on any atom is -0.504 e. The average Bonchev–Trinajstić information content (AvgIpc) is 2.69. The van der Waals surface area contributed by atoms with Gasteiger partial charge in [-0.25, -0.2) is 0 Å². The number of phenolic OH excluding ortho intramolecular Hbond substituents is 1. The fraction of sp³-hybridized carbons (Fsp3) is 0.478. The van der Waals surface area contributed by atoms with Crippen molar-refractivity contribution in [3.05, 3.63) is 34.9 Å². The summed E-state index contributed by atoms with van der Waals surface area (Å²) in [5.74, 6) is 2.69. The van der Waals surface area contributed by atoms with Gasteiger partial charge in [0.25, 0.3) is 0 Å². The van der Waals surface area contributed by atoms with E-state index in [9.17, 15) is 5.11 Å². The van der Waals surface area contributed by atoms with Crippen LogP contribution in [-0.2, 0) is 12.8 Å². The van der Waals surface area contributed by atoms with Crippen molar-refractivity contribution in [3.8, 4) is 34.1 Å². The molecule has 2 aliphatic rings. The van der Waals surface area contributed by atoms with Crippen LogP contribution in [0.15, 0.2) is 18.2 Å². The number of hydrogen-bond acceptors (Lipinski definition) is 5. The first kappa shape index (κ1) is 21.6. The molecule has 0 unspecified atom stereocenters. The molecule has 2 aromatic carbocycles. The standard InChI is InChI=1S/C23H29NO4.ClH/c1-13(2)12-24-9-8-15-11-18(26-3)23(28-5)21-19(15)16(24)10-14-6-7-17(25)22(27-4)20(14)21;/h6-7,11,13,16,25H,8-10,12H2,1-5H3;1H/t16-;/m0./s1. The van der Waals surface area contributed by atoms with Crippen molar-refractivity contribution in [2.24, 2.45) is 5.92 Å². The summed E-state index contributed by atoms with van der Waals surface area (Å²) in [5.41, 5.74) is 5.69. The SMILES string of the molecule is COc1cc2c3c(c1OC)-c1c(ccc(O)c1OC)C[C@@H]3N(CC(C)C)CC2.Cl. The third-order valence-electron chi connectivity index (χ3n) is 5.93. The molecular weight excluding hydrogens is 390 g/mol. The maximum atomic E-state index is 10.5. The topological polar surface area (TPSA) is 51.2 Å². The number of ether oxygens (including phenoxy) is 3. The van der Waals surface area contributed by atoms with Crippen LogP contribution < -0.4 is 14.2 Å². The minimum absolute atomic E-state index is 0. The molecule has 1 N–H and O–H groups in total. The van der Waals surface area contributed by atoms with Gasteiger partial charge in [-0.2, -0.15) is 0 Å². The van der Waals surface area contributed by atoms with Gasteiger partial charge in [-0.15, -0.1) is 12.4 Å². The van der Waals surface area contributed by atoms with E-state index in [1.165, 1.54) is 16.7 Å². The molecule has 1 aliphatic carbocycles. The molecule has 1 heterocycles. The van der Waals surface area contributed by atoms with E-state index in [-0.39, 0.29) is 18.2 Å². The van der Waals surface area contributed by atoms with E-state index in [4.69, 9.17) is 14.2 Å². The first-order chi connectivity index (χ1) is 13.5. The molecule has 0 bridgehead atoms. The Hall–Kier alpha value is -2.11. The molecule has 6 heteroatoms. The van der Waals surface area contributed by atoms with Crippen molar-refractivity contribution in [2.75, 3.05) is 34.4 Å². The average molecular weight is 420 g/mol. The van der Waals surface area contributed by atoms with E-state index in [2.05, 4.69) is 24.8 Å². The Labute approximate surface area is 179 Å². The fourth-order valence-corrected chi connectivity index (χ4v) is 4.89. The van der Waals surface area contributed by atoms with Gasteiger partial charge in [-0.05, 0) is 47.6 Å². The molecule has 0 aromatic heterocycles. The first-order valence-electron chi connectivity index (χ1n) is 9.91. The van der Waals surface area contributed by atoms with Crippen molar-refractivity contribution in [3.63, 3.8) is 0 Å². The molecule has 0 saturated heterocycles. The highest BCUT2D eigenvalue weighted by Crippen LogP contribution is 2.56. The van der Waals surface area contributed by atoms with Gasteiger partial charge in [-0.3, -0.25) is 4.90 Å². The third kappa shape index (κ3) is 3.40. The summed E-state index contributed by atoms with van der Waals surface area (Å²) in [5, 5.41) is 10.5. The maximum absolute atomic E-state index is 10.5.